The molecule has 0 amide bonds. The lowest BCUT2D eigenvalue weighted by atomic mass is 10.0. The molecule has 3 heteroatoms. The summed E-state index contributed by atoms with van der Waals surface area (Å²) in [5.74, 6) is 0. The summed E-state index contributed by atoms with van der Waals surface area (Å²) in [7, 11) is 0. The molecule has 1 aliphatic heterocycles. The molecule has 1 heterocycles. The highest BCUT2D eigenvalue weighted by atomic mass is 79.9. The standard InChI is InChI=1S/C12H16BrNO/c1-2-11-7-15-8-12(14-11)9-3-5-10(13)6-4-9/h3-6,11-12,14H,2,7-8H2,1H3. The average molecular weight is 270 g/mol. The summed E-state index contributed by atoms with van der Waals surface area (Å²) in [6, 6.07) is 9.27. The summed E-state index contributed by atoms with van der Waals surface area (Å²) in [5.41, 5.74) is 1.30. The van der Waals surface area contributed by atoms with Crippen molar-refractivity contribution in [2.75, 3.05) is 13.2 Å². The second-order valence-electron chi connectivity index (χ2n) is 3.91. The molecule has 1 saturated heterocycles. The molecule has 1 aliphatic rings. The van der Waals surface area contributed by atoms with E-state index in [-0.39, 0.29) is 0 Å². The molecule has 0 bridgehead atoms. The van der Waals surface area contributed by atoms with Crippen molar-refractivity contribution in [2.45, 2.75) is 25.4 Å². The van der Waals surface area contributed by atoms with Crippen molar-refractivity contribution >= 4 is 15.9 Å². The Morgan fingerprint density at radius 2 is 2.07 bits per heavy atom. The van der Waals surface area contributed by atoms with E-state index in [1.165, 1.54) is 5.56 Å². The van der Waals surface area contributed by atoms with Gasteiger partial charge in [0.25, 0.3) is 0 Å². The summed E-state index contributed by atoms with van der Waals surface area (Å²) in [4.78, 5) is 0. The first-order valence-electron chi connectivity index (χ1n) is 5.39. The third-order valence-electron chi connectivity index (χ3n) is 2.81. The van der Waals surface area contributed by atoms with Crippen molar-refractivity contribution in [1.29, 1.82) is 0 Å². The quantitative estimate of drug-likeness (QED) is 0.892. The lowest BCUT2D eigenvalue weighted by molar-refractivity contribution is 0.0441. The van der Waals surface area contributed by atoms with E-state index in [0.29, 0.717) is 12.1 Å². The van der Waals surface area contributed by atoms with Crippen molar-refractivity contribution < 1.29 is 4.74 Å². The van der Waals surface area contributed by atoms with Crippen molar-refractivity contribution in [3.63, 3.8) is 0 Å². The number of benzene rings is 1. The van der Waals surface area contributed by atoms with Crippen LogP contribution in [-0.4, -0.2) is 19.3 Å². The van der Waals surface area contributed by atoms with Gasteiger partial charge in [0.1, 0.15) is 0 Å². The van der Waals surface area contributed by atoms with Gasteiger partial charge in [-0.2, -0.15) is 0 Å². The third kappa shape index (κ3) is 2.80. The van der Waals surface area contributed by atoms with Crippen LogP contribution in [0, 0.1) is 0 Å². The van der Waals surface area contributed by atoms with Gasteiger partial charge in [0.2, 0.25) is 0 Å². The fourth-order valence-electron chi connectivity index (χ4n) is 1.83. The van der Waals surface area contributed by atoms with Crippen molar-refractivity contribution in [1.82, 2.24) is 5.32 Å². The fourth-order valence-corrected chi connectivity index (χ4v) is 2.10. The molecular weight excluding hydrogens is 254 g/mol. The number of morpholine rings is 1. The third-order valence-corrected chi connectivity index (χ3v) is 3.33. The second kappa shape index (κ2) is 5.10. The number of rotatable bonds is 2. The minimum atomic E-state index is 0.344. The maximum absolute atomic E-state index is 5.60. The molecule has 0 saturated carbocycles. The zero-order valence-corrected chi connectivity index (χ0v) is 10.5. The summed E-state index contributed by atoms with van der Waals surface area (Å²) in [6.07, 6.45) is 1.12. The molecule has 1 fully saturated rings. The number of hydrogen-bond acceptors (Lipinski definition) is 2. The molecule has 0 aromatic heterocycles. The van der Waals surface area contributed by atoms with E-state index in [0.717, 1.165) is 24.1 Å². The molecule has 1 aromatic carbocycles. The number of hydrogen-bond donors (Lipinski definition) is 1. The van der Waals surface area contributed by atoms with Crippen LogP contribution in [0.2, 0.25) is 0 Å². The van der Waals surface area contributed by atoms with Crippen LogP contribution in [0.25, 0.3) is 0 Å². The minimum absolute atomic E-state index is 0.344. The van der Waals surface area contributed by atoms with Gasteiger partial charge in [-0.15, -0.1) is 0 Å². The number of nitrogens with one attached hydrogen (secondary N) is 1. The van der Waals surface area contributed by atoms with E-state index in [1.807, 2.05) is 0 Å². The zero-order valence-electron chi connectivity index (χ0n) is 8.87. The number of halogens is 1. The maximum atomic E-state index is 5.60. The Balaban J connectivity index is 2.06. The van der Waals surface area contributed by atoms with Gasteiger partial charge < -0.3 is 10.1 Å². The van der Waals surface area contributed by atoms with Gasteiger partial charge in [-0.3, -0.25) is 0 Å². The molecule has 2 nitrogen and oxygen atoms in total. The van der Waals surface area contributed by atoms with E-state index in [9.17, 15) is 0 Å². The first-order valence-corrected chi connectivity index (χ1v) is 6.18. The molecule has 82 valence electrons. The predicted octanol–water partition coefficient (Wildman–Crippen LogP) is 2.89. The van der Waals surface area contributed by atoms with Gasteiger partial charge in [0.15, 0.2) is 0 Å². The Hall–Kier alpha value is -0.380. The average Bonchev–Trinajstić information content (AvgIpc) is 2.30. The highest BCUT2D eigenvalue weighted by Gasteiger charge is 2.21. The smallest absolute Gasteiger partial charge is 0.0662 e. The van der Waals surface area contributed by atoms with Crippen molar-refractivity contribution in [3.8, 4) is 0 Å². The van der Waals surface area contributed by atoms with E-state index in [1.54, 1.807) is 0 Å². The van der Waals surface area contributed by atoms with Crippen LogP contribution >= 0.6 is 15.9 Å². The monoisotopic (exact) mass is 269 g/mol. The van der Waals surface area contributed by atoms with Crippen molar-refractivity contribution in [3.05, 3.63) is 34.3 Å². The highest BCUT2D eigenvalue weighted by Crippen LogP contribution is 2.20. The molecule has 15 heavy (non-hydrogen) atoms. The van der Waals surface area contributed by atoms with Crippen LogP contribution in [0.4, 0.5) is 0 Å². The Morgan fingerprint density at radius 3 is 2.73 bits per heavy atom. The van der Waals surface area contributed by atoms with Crippen LogP contribution in [0.5, 0.6) is 0 Å². The van der Waals surface area contributed by atoms with Crippen molar-refractivity contribution in [2.24, 2.45) is 0 Å². The molecule has 0 radical (unpaired) electrons. The van der Waals surface area contributed by atoms with Gasteiger partial charge in [-0.1, -0.05) is 35.0 Å². The Morgan fingerprint density at radius 1 is 1.33 bits per heavy atom. The topological polar surface area (TPSA) is 21.3 Å². The number of ether oxygens (including phenoxy) is 1. The van der Waals surface area contributed by atoms with E-state index >= 15 is 0 Å². The summed E-state index contributed by atoms with van der Waals surface area (Å²) >= 11 is 3.44. The largest absolute Gasteiger partial charge is 0.378 e. The molecule has 2 atom stereocenters. The molecule has 2 rings (SSSR count). The Bertz CT molecular complexity index is 312. The maximum Gasteiger partial charge on any atom is 0.0662 e. The van der Waals surface area contributed by atoms with Gasteiger partial charge in [0.05, 0.1) is 19.3 Å². The SMILES string of the molecule is CCC1COCC(c2ccc(Br)cc2)N1. The van der Waals surface area contributed by atoms with E-state index < -0.39 is 0 Å². The predicted molar refractivity (Wildman–Crippen MR) is 64.9 cm³/mol. The molecule has 1 N–H and O–H groups in total. The van der Waals surface area contributed by atoms with Gasteiger partial charge >= 0.3 is 0 Å². The van der Waals surface area contributed by atoms with Crippen LogP contribution < -0.4 is 5.32 Å². The molecular formula is C12H16BrNO. The van der Waals surface area contributed by atoms with Gasteiger partial charge in [0, 0.05) is 10.5 Å². The first-order chi connectivity index (χ1) is 7.29. The normalized spacial score (nSPS) is 26.5. The first kappa shape index (κ1) is 11.1. The summed E-state index contributed by atoms with van der Waals surface area (Å²) in [6.45, 7) is 3.80. The zero-order chi connectivity index (χ0) is 10.7. The second-order valence-corrected chi connectivity index (χ2v) is 4.83. The summed E-state index contributed by atoms with van der Waals surface area (Å²) in [5, 5.41) is 3.60. The van der Waals surface area contributed by atoms with Crippen LogP contribution in [0.3, 0.4) is 0 Å². The summed E-state index contributed by atoms with van der Waals surface area (Å²) < 4.78 is 6.72. The Labute approximate surface area is 99.1 Å². The van der Waals surface area contributed by atoms with E-state index in [2.05, 4.69) is 52.4 Å². The lowest BCUT2D eigenvalue weighted by Gasteiger charge is -2.30. The van der Waals surface area contributed by atoms with Crippen LogP contribution in [0.1, 0.15) is 24.9 Å². The molecule has 2 unspecified atom stereocenters. The minimum Gasteiger partial charge on any atom is -0.378 e. The van der Waals surface area contributed by atoms with Crippen LogP contribution in [0.15, 0.2) is 28.7 Å². The van der Waals surface area contributed by atoms with Gasteiger partial charge in [-0.25, -0.2) is 0 Å². The molecule has 0 aliphatic carbocycles. The highest BCUT2D eigenvalue weighted by molar-refractivity contribution is 9.10. The molecule has 1 aromatic rings. The lowest BCUT2D eigenvalue weighted by Crippen LogP contribution is -2.43. The Kier molecular flexibility index (Phi) is 3.78. The van der Waals surface area contributed by atoms with Crippen LogP contribution in [-0.2, 0) is 4.74 Å². The van der Waals surface area contributed by atoms with E-state index in [4.69, 9.17) is 4.74 Å². The molecule has 0 spiro atoms. The van der Waals surface area contributed by atoms with Gasteiger partial charge in [-0.05, 0) is 24.1 Å². The fraction of sp³-hybridized carbons (Fsp3) is 0.500.